The summed E-state index contributed by atoms with van der Waals surface area (Å²) in [6.45, 7) is 4.25. The van der Waals surface area contributed by atoms with E-state index in [9.17, 15) is 14.9 Å². The number of aryl methyl sites for hydroxylation is 1. The molecule has 0 aliphatic heterocycles. The van der Waals surface area contributed by atoms with Gasteiger partial charge in [0.2, 0.25) is 5.76 Å². The Morgan fingerprint density at radius 1 is 1.12 bits per heavy atom. The molecule has 2 aromatic carbocycles. The van der Waals surface area contributed by atoms with E-state index >= 15 is 0 Å². The molecule has 0 bridgehead atoms. The second-order valence-corrected chi connectivity index (χ2v) is 7.86. The van der Waals surface area contributed by atoms with Gasteiger partial charge < -0.3 is 19.0 Å². The molecule has 34 heavy (non-hydrogen) atoms. The Morgan fingerprint density at radius 2 is 1.91 bits per heavy atom. The summed E-state index contributed by atoms with van der Waals surface area (Å²) < 4.78 is 12.2. The average molecular weight is 453 g/mol. The fourth-order valence-corrected chi connectivity index (χ4v) is 3.74. The maximum absolute atomic E-state index is 12.9. The van der Waals surface area contributed by atoms with Gasteiger partial charge in [0.05, 0.1) is 13.7 Å². The third-order valence-corrected chi connectivity index (χ3v) is 5.71. The fourth-order valence-electron chi connectivity index (χ4n) is 3.74. The van der Waals surface area contributed by atoms with Crippen LogP contribution in [0.5, 0.6) is 0 Å². The van der Waals surface area contributed by atoms with Gasteiger partial charge in [-0.25, -0.2) is 4.79 Å². The SMILES string of the molecule is COC(=O)c1ccc(Cn2cc(/C=C(/C#N)C(=O)Nc3cccc(C)c3C)c3ccccc32)o1. The van der Waals surface area contributed by atoms with Crippen molar-refractivity contribution < 1.29 is 18.7 Å². The lowest BCUT2D eigenvalue weighted by atomic mass is 10.1. The number of hydrogen-bond donors (Lipinski definition) is 1. The van der Waals surface area contributed by atoms with Gasteiger partial charge in [-0.15, -0.1) is 0 Å². The highest BCUT2D eigenvalue weighted by Crippen LogP contribution is 2.26. The van der Waals surface area contributed by atoms with E-state index in [4.69, 9.17) is 9.15 Å². The molecule has 0 spiro atoms. The molecular weight excluding hydrogens is 430 g/mol. The summed E-state index contributed by atoms with van der Waals surface area (Å²) in [7, 11) is 1.30. The topological polar surface area (TPSA) is 97.3 Å². The number of carbonyl (C=O) groups is 2. The Kier molecular flexibility index (Phi) is 6.33. The van der Waals surface area contributed by atoms with Crippen LogP contribution < -0.4 is 5.32 Å². The highest BCUT2D eigenvalue weighted by molar-refractivity contribution is 6.11. The van der Waals surface area contributed by atoms with Gasteiger partial charge in [-0.3, -0.25) is 4.79 Å². The first kappa shape index (κ1) is 22.6. The number of nitrogens with one attached hydrogen (secondary N) is 1. The van der Waals surface area contributed by atoms with Crippen LogP contribution in [-0.2, 0) is 16.1 Å². The van der Waals surface area contributed by atoms with Crippen molar-refractivity contribution in [2.24, 2.45) is 0 Å². The normalized spacial score (nSPS) is 11.3. The van der Waals surface area contributed by atoms with E-state index in [1.807, 2.05) is 73.1 Å². The average Bonchev–Trinajstić information content (AvgIpc) is 3.45. The van der Waals surface area contributed by atoms with E-state index in [2.05, 4.69) is 5.32 Å². The van der Waals surface area contributed by atoms with Crippen molar-refractivity contribution in [3.63, 3.8) is 0 Å². The Hall–Kier alpha value is -4.57. The summed E-state index contributed by atoms with van der Waals surface area (Å²) in [6.07, 6.45) is 3.44. The third kappa shape index (κ3) is 4.48. The van der Waals surface area contributed by atoms with Crippen molar-refractivity contribution in [2.75, 3.05) is 12.4 Å². The number of carbonyl (C=O) groups excluding carboxylic acids is 2. The number of nitrogens with zero attached hydrogens (tertiary/aromatic N) is 2. The zero-order valence-electron chi connectivity index (χ0n) is 19.1. The number of aromatic nitrogens is 1. The number of benzene rings is 2. The molecule has 7 heteroatoms. The minimum atomic E-state index is -0.541. The first-order valence-corrected chi connectivity index (χ1v) is 10.7. The number of anilines is 1. The lowest BCUT2D eigenvalue weighted by Gasteiger charge is -2.09. The van der Waals surface area contributed by atoms with Crippen molar-refractivity contribution in [1.29, 1.82) is 5.26 Å². The molecule has 7 nitrogen and oxygen atoms in total. The van der Waals surface area contributed by atoms with Crippen molar-refractivity contribution in [3.8, 4) is 6.07 Å². The number of amides is 1. The molecule has 2 aromatic heterocycles. The lowest BCUT2D eigenvalue weighted by Crippen LogP contribution is -2.14. The zero-order valence-corrected chi connectivity index (χ0v) is 19.1. The van der Waals surface area contributed by atoms with Crippen LogP contribution in [0.15, 0.2) is 70.8 Å². The molecule has 0 atom stereocenters. The standard InChI is InChI=1S/C27H23N3O4/c1-17-7-6-9-23(18(17)2)29-26(31)19(14-28)13-20-15-30(24-10-5-4-8-22(20)24)16-21-11-12-25(34-21)27(32)33-3/h4-13,15H,16H2,1-3H3,(H,29,31)/b19-13-. The molecule has 170 valence electrons. The molecule has 0 aliphatic rings. The summed E-state index contributed by atoms with van der Waals surface area (Å²) in [4.78, 5) is 24.6. The number of methoxy groups -OCH3 is 1. The van der Waals surface area contributed by atoms with E-state index < -0.39 is 11.9 Å². The highest BCUT2D eigenvalue weighted by Gasteiger charge is 2.16. The zero-order chi connectivity index (χ0) is 24.2. The third-order valence-electron chi connectivity index (χ3n) is 5.71. The minimum Gasteiger partial charge on any atom is -0.463 e. The fraction of sp³-hybridized carbons (Fsp3) is 0.148. The Labute approximate surface area is 196 Å². The van der Waals surface area contributed by atoms with E-state index in [1.54, 1.807) is 18.2 Å². The number of ether oxygens (including phenoxy) is 1. The van der Waals surface area contributed by atoms with Gasteiger partial charge in [-0.05, 0) is 55.3 Å². The monoisotopic (exact) mass is 453 g/mol. The first-order chi connectivity index (χ1) is 16.4. The van der Waals surface area contributed by atoms with E-state index in [0.717, 1.165) is 27.6 Å². The molecule has 0 unspecified atom stereocenters. The number of fused-ring (bicyclic) bond motifs is 1. The predicted molar refractivity (Wildman–Crippen MR) is 129 cm³/mol. The number of hydrogen-bond acceptors (Lipinski definition) is 5. The minimum absolute atomic E-state index is 0.00483. The molecule has 4 rings (SSSR count). The molecule has 1 amide bonds. The van der Waals surface area contributed by atoms with Crippen LogP contribution in [0.4, 0.5) is 5.69 Å². The smallest absolute Gasteiger partial charge is 0.373 e. The molecule has 0 fully saturated rings. The maximum Gasteiger partial charge on any atom is 0.373 e. The Morgan fingerprint density at radius 3 is 2.68 bits per heavy atom. The van der Waals surface area contributed by atoms with Crippen LogP contribution in [0.2, 0.25) is 0 Å². The number of esters is 1. The molecule has 0 saturated heterocycles. The van der Waals surface area contributed by atoms with Crippen LogP contribution >= 0.6 is 0 Å². The van der Waals surface area contributed by atoms with Gasteiger partial charge >= 0.3 is 5.97 Å². The van der Waals surface area contributed by atoms with Crippen LogP contribution in [-0.4, -0.2) is 23.6 Å². The van der Waals surface area contributed by atoms with Gasteiger partial charge in [0.15, 0.2) is 0 Å². The molecule has 4 aromatic rings. The van der Waals surface area contributed by atoms with Crippen LogP contribution in [0.3, 0.4) is 0 Å². The van der Waals surface area contributed by atoms with E-state index in [-0.39, 0.29) is 11.3 Å². The Bertz CT molecular complexity index is 1470. The van der Waals surface area contributed by atoms with Crippen LogP contribution in [0.1, 0.15) is 33.0 Å². The summed E-state index contributed by atoms with van der Waals surface area (Å²) in [5.41, 5.74) is 4.30. The highest BCUT2D eigenvalue weighted by atomic mass is 16.5. The molecule has 0 saturated carbocycles. The first-order valence-electron chi connectivity index (χ1n) is 10.7. The summed E-state index contributed by atoms with van der Waals surface area (Å²) in [6, 6.07) is 18.6. The van der Waals surface area contributed by atoms with Gasteiger partial charge in [0, 0.05) is 28.4 Å². The van der Waals surface area contributed by atoms with Gasteiger partial charge in [-0.1, -0.05) is 30.3 Å². The van der Waals surface area contributed by atoms with Crippen LogP contribution in [0, 0.1) is 25.2 Å². The Balaban J connectivity index is 1.66. The van der Waals surface area contributed by atoms with Gasteiger partial charge in [0.25, 0.3) is 5.91 Å². The molecule has 0 radical (unpaired) electrons. The summed E-state index contributed by atoms with van der Waals surface area (Å²) in [5.74, 6) is -0.309. The van der Waals surface area contributed by atoms with E-state index in [1.165, 1.54) is 7.11 Å². The molecule has 1 N–H and O–H groups in total. The van der Waals surface area contributed by atoms with Gasteiger partial charge in [0.1, 0.15) is 17.4 Å². The van der Waals surface area contributed by atoms with Crippen molar-refractivity contribution in [3.05, 3.63) is 94.6 Å². The van der Waals surface area contributed by atoms with Crippen molar-refractivity contribution in [1.82, 2.24) is 4.57 Å². The quantitative estimate of drug-likeness (QED) is 0.245. The summed E-state index contributed by atoms with van der Waals surface area (Å²) >= 11 is 0. The predicted octanol–water partition coefficient (Wildman–Crippen LogP) is 5.23. The molecular formula is C27H23N3O4. The second kappa shape index (κ2) is 9.51. The number of para-hydroxylation sites is 1. The second-order valence-electron chi connectivity index (χ2n) is 7.86. The van der Waals surface area contributed by atoms with E-state index in [0.29, 0.717) is 18.0 Å². The largest absolute Gasteiger partial charge is 0.463 e. The summed E-state index contributed by atoms with van der Waals surface area (Å²) in [5, 5.41) is 13.4. The van der Waals surface area contributed by atoms with Crippen LogP contribution in [0.25, 0.3) is 17.0 Å². The van der Waals surface area contributed by atoms with Crippen molar-refractivity contribution in [2.45, 2.75) is 20.4 Å². The molecule has 0 aliphatic carbocycles. The van der Waals surface area contributed by atoms with Crippen molar-refractivity contribution >= 4 is 34.5 Å². The van der Waals surface area contributed by atoms with Gasteiger partial charge in [-0.2, -0.15) is 5.26 Å². The number of nitriles is 1. The maximum atomic E-state index is 12.9. The molecule has 2 heterocycles. The number of furan rings is 1. The lowest BCUT2D eigenvalue weighted by molar-refractivity contribution is -0.112. The number of rotatable bonds is 6.